The monoisotopic (exact) mass is 554 g/mol. The number of aromatic nitrogens is 2. The van der Waals surface area contributed by atoms with Crippen LogP contribution < -0.4 is 15.2 Å². The zero-order valence-corrected chi connectivity index (χ0v) is 23.7. The molecule has 8 nitrogen and oxygen atoms in total. The van der Waals surface area contributed by atoms with E-state index in [0.717, 1.165) is 81.1 Å². The molecule has 1 aliphatic heterocycles. The molecule has 1 saturated heterocycles. The topological polar surface area (TPSA) is 91.8 Å². The normalized spacial score (nSPS) is 20.5. The van der Waals surface area contributed by atoms with Crippen LogP contribution in [0.25, 0.3) is 0 Å². The number of halogens is 2. The van der Waals surface area contributed by atoms with Crippen LogP contribution in [-0.4, -0.2) is 60.2 Å². The summed E-state index contributed by atoms with van der Waals surface area (Å²) in [7, 11) is 0. The summed E-state index contributed by atoms with van der Waals surface area (Å²) in [6.45, 7) is 12.2. The highest BCUT2D eigenvalue weighted by molar-refractivity contribution is 6.30. The van der Waals surface area contributed by atoms with Crippen molar-refractivity contribution in [3.8, 4) is 11.6 Å². The second-order valence-corrected chi connectivity index (χ2v) is 10.9. The molecule has 2 N–H and O–H groups in total. The predicted octanol–water partition coefficient (Wildman–Crippen LogP) is 5.41. The molecule has 2 aliphatic rings. The fraction of sp³-hybridized carbons (Fsp3) is 0.630. The van der Waals surface area contributed by atoms with Crippen LogP contribution in [0.3, 0.4) is 0 Å². The minimum absolute atomic E-state index is 0. The van der Waals surface area contributed by atoms with Crippen LogP contribution in [-0.2, 0) is 11.3 Å². The Bertz CT molecular complexity index is 1030. The number of carbonyl (C=O) groups is 1. The quantitative estimate of drug-likeness (QED) is 0.445. The Morgan fingerprint density at radius 1 is 1.22 bits per heavy atom. The number of rotatable bonds is 9. The molecule has 37 heavy (non-hydrogen) atoms. The average Bonchev–Trinajstić information content (AvgIpc) is 3.13. The van der Waals surface area contributed by atoms with Gasteiger partial charge in [-0.1, -0.05) is 25.4 Å². The number of benzene rings is 1. The summed E-state index contributed by atoms with van der Waals surface area (Å²) in [5.74, 6) is 2.47. The number of amides is 1. The minimum atomic E-state index is -0.842. The Morgan fingerprint density at radius 2 is 1.92 bits per heavy atom. The number of primary amides is 1. The number of ether oxygens (including phenoxy) is 3. The van der Waals surface area contributed by atoms with Crippen molar-refractivity contribution in [2.24, 2.45) is 17.6 Å². The van der Waals surface area contributed by atoms with Crippen LogP contribution in [0, 0.1) is 18.8 Å². The van der Waals surface area contributed by atoms with E-state index in [9.17, 15) is 4.79 Å². The van der Waals surface area contributed by atoms with Crippen LogP contribution in [0.5, 0.6) is 11.6 Å². The Kier molecular flexibility index (Phi) is 10.9. The summed E-state index contributed by atoms with van der Waals surface area (Å²) in [6, 6.07) is 5.64. The molecule has 0 unspecified atom stereocenters. The van der Waals surface area contributed by atoms with Gasteiger partial charge in [0.05, 0.1) is 26.4 Å². The molecule has 1 aromatic carbocycles. The van der Waals surface area contributed by atoms with Crippen molar-refractivity contribution >= 4 is 30.1 Å². The fourth-order valence-corrected chi connectivity index (χ4v) is 5.53. The summed E-state index contributed by atoms with van der Waals surface area (Å²) >= 11 is 6.31. The Morgan fingerprint density at radius 3 is 2.57 bits per heavy atom. The van der Waals surface area contributed by atoms with Crippen LogP contribution in [0.15, 0.2) is 18.2 Å². The molecular formula is C27H40Cl2N4O4. The lowest BCUT2D eigenvalue weighted by Gasteiger charge is -2.34. The van der Waals surface area contributed by atoms with Gasteiger partial charge < -0.3 is 19.9 Å². The maximum atomic E-state index is 11.7. The lowest BCUT2D eigenvalue weighted by molar-refractivity contribution is 0.0273. The third-order valence-electron chi connectivity index (χ3n) is 7.21. The van der Waals surface area contributed by atoms with Crippen LogP contribution in [0.4, 0.5) is 4.79 Å². The largest absolute Gasteiger partial charge is 0.493 e. The zero-order valence-electron chi connectivity index (χ0n) is 22.1. The molecule has 4 rings (SSSR count). The highest BCUT2D eigenvalue weighted by atomic mass is 35.5. The maximum absolute atomic E-state index is 11.7. The van der Waals surface area contributed by atoms with Crippen molar-refractivity contribution in [3.05, 3.63) is 40.0 Å². The fourth-order valence-electron chi connectivity index (χ4n) is 5.34. The van der Waals surface area contributed by atoms with Crippen molar-refractivity contribution in [3.63, 3.8) is 0 Å². The van der Waals surface area contributed by atoms with Gasteiger partial charge in [0.15, 0.2) is 0 Å². The molecule has 2 heterocycles. The molecule has 206 valence electrons. The standard InChI is InChI=1S/C27H39ClN4O4.ClH/c1-18(2)17-35-24-9-8-23(28)14-22(24)16-32-19(3)25(26(30-32)36-27(29)33)21-6-4-20(5-7-21)15-31-10-12-34-13-11-31;/h8-9,14,18,20-21H,4-7,10-13,15-17H2,1-3H3,(H2,29,33);1H. The maximum Gasteiger partial charge on any atom is 0.411 e. The van der Waals surface area contributed by atoms with Gasteiger partial charge in [-0.2, -0.15) is 0 Å². The second kappa shape index (κ2) is 13.7. The first kappa shape index (κ1) is 29.6. The van der Waals surface area contributed by atoms with Crippen LogP contribution >= 0.6 is 24.0 Å². The van der Waals surface area contributed by atoms with Gasteiger partial charge in [0.1, 0.15) is 5.75 Å². The first-order valence-electron chi connectivity index (χ1n) is 13.1. The Hall–Kier alpha value is -2.00. The van der Waals surface area contributed by atoms with Gasteiger partial charge in [-0.3, -0.25) is 9.58 Å². The SMILES string of the molecule is Cc1c(C2CCC(CN3CCOCC3)CC2)c(OC(N)=O)nn1Cc1cc(Cl)ccc1OCC(C)C.Cl. The van der Waals surface area contributed by atoms with E-state index >= 15 is 0 Å². The minimum Gasteiger partial charge on any atom is -0.493 e. The van der Waals surface area contributed by atoms with Crippen molar-refractivity contribution in [2.75, 3.05) is 39.5 Å². The van der Waals surface area contributed by atoms with Crippen molar-refractivity contribution in [2.45, 2.75) is 58.9 Å². The van der Waals surface area contributed by atoms with E-state index in [2.05, 4.69) is 23.8 Å². The number of hydrogen-bond acceptors (Lipinski definition) is 6. The zero-order chi connectivity index (χ0) is 25.7. The molecule has 1 aliphatic carbocycles. The molecule has 0 bridgehead atoms. The van der Waals surface area contributed by atoms with Gasteiger partial charge in [-0.25, -0.2) is 4.79 Å². The van der Waals surface area contributed by atoms with E-state index in [4.69, 9.17) is 31.5 Å². The first-order chi connectivity index (χ1) is 17.3. The van der Waals surface area contributed by atoms with Crippen LogP contribution in [0.2, 0.25) is 5.02 Å². The van der Waals surface area contributed by atoms with E-state index in [1.807, 2.05) is 29.8 Å². The molecule has 1 amide bonds. The van der Waals surface area contributed by atoms with Crippen molar-refractivity contribution in [1.29, 1.82) is 0 Å². The number of nitrogens with zero attached hydrogens (tertiary/aromatic N) is 3. The van der Waals surface area contributed by atoms with Gasteiger partial charge in [-0.15, -0.1) is 17.5 Å². The summed E-state index contributed by atoms with van der Waals surface area (Å²) in [5.41, 5.74) is 8.31. The molecule has 0 atom stereocenters. The van der Waals surface area contributed by atoms with E-state index in [1.54, 1.807) is 0 Å². The van der Waals surface area contributed by atoms with Gasteiger partial charge in [0.2, 0.25) is 5.88 Å². The van der Waals surface area contributed by atoms with Gasteiger partial charge in [-0.05, 0) is 68.6 Å². The molecule has 2 fully saturated rings. The second-order valence-electron chi connectivity index (χ2n) is 10.5. The van der Waals surface area contributed by atoms with E-state index < -0.39 is 6.09 Å². The Balaban J connectivity index is 0.00000380. The van der Waals surface area contributed by atoms with Gasteiger partial charge in [0, 0.05) is 41.5 Å². The average molecular weight is 556 g/mol. The molecule has 0 spiro atoms. The smallest absolute Gasteiger partial charge is 0.411 e. The number of nitrogens with two attached hydrogens (primary N) is 1. The Labute approximate surface area is 231 Å². The van der Waals surface area contributed by atoms with Crippen molar-refractivity contribution in [1.82, 2.24) is 14.7 Å². The summed E-state index contributed by atoms with van der Waals surface area (Å²) < 4.78 is 18.8. The molecule has 0 radical (unpaired) electrons. The predicted molar refractivity (Wildman–Crippen MR) is 147 cm³/mol. The lowest BCUT2D eigenvalue weighted by atomic mass is 9.78. The number of carbonyl (C=O) groups excluding carboxylic acids is 1. The van der Waals surface area contributed by atoms with Crippen molar-refractivity contribution < 1.29 is 19.0 Å². The third kappa shape index (κ3) is 7.99. The van der Waals surface area contributed by atoms with Gasteiger partial charge in [0.25, 0.3) is 0 Å². The first-order valence-corrected chi connectivity index (χ1v) is 13.4. The van der Waals surface area contributed by atoms with E-state index in [0.29, 0.717) is 35.9 Å². The molecule has 2 aromatic rings. The summed E-state index contributed by atoms with van der Waals surface area (Å²) in [4.78, 5) is 14.2. The molecule has 10 heteroatoms. The summed E-state index contributed by atoms with van der Waals surface area (Å²) in [6.07, 6.45) is 3.52. The van der Waals surface area contributed by atoms with Gasteiger partial charge >= 0.3 is 6.09 Å². The van der Waals surface area contributed by atoms with Crippen LogP contribution in [0.1, 0.15) is 62.3 Å². The molecule has 1 aromatic heterocycles. The number of morpholine rings is 1. The summed E-state index contributed by atoms with van der Waals surface area (Å²) in [5, 5.41) is 5.31. The van der Waals surface area contributed by atoms with E-state index in [1.165, 1.54) is 0 Å². The number of hydrogen-bond donors (Lipinski definition) is 1. The van der Waals surface area contributed by atoms with E-state index in [-0.39, 0.29) is 18.3 Å². The lowest BCUT2D eigenvalue weighted by Crippen LogP contribution is -2.40. The highest BCUT2D eigenvalue weighted by Gasteiger charge is 2.31. The molecular weight excluding hydrogens is 515 g/mol. The molecule has 1 saturated carbocycles. The highest BCUT2D eigenvalue weighted by Crippen LogP contribution is 2.41. The third-order valence-corrected chi connectivity index (χ3v) is 7.44.